The third-order valence-corrected chi connectivity index (χ3v) is 4.42. The van der Waals surface area contributed by atoms with E-state index in [1.807, 2.05) is 0 Å². The molecule has 0 radical (unpaired) electrons. The number of rotatable bonds is 8. The van der Waals surface area contributed by atoms with Crippen LogP contribution >= 0.6 is 0 Å². The summed E-state index contributed by atoms with van der Waals surface area (Å²) in [6, 6.07) is 10.2. The van der Waals surface area contributed by atoms with E-state index in [2.05, 4.69) is 5.32 Å². The van der Waals surface area contributed by atoms with Gasteiger partial charge in [-0.3, -0.25) is 24.5 Å². The molecule has 2 aromatic rings. The summed E-state index contributed by atoms with van der Waals surface area (Å²) in [5, 5.41) is 13.3. The minimum Gasteiger partial charge on any atom is -0.486 e. The monoisotopic (exact) mass is 428 g/mol. The van der Waals surface area contributed by atoms with Crippen LogP contribution in [0.1, 0.15) is 30.1 Å². The van der Waals surface area contributed by atoms with Crippen LogP contribution in [0.2, 0.25) is 0 Å². The Hall–Kier alpha value is -3.95. The number of carbonyl (C=O) groups excluding carboxylic acids is 3. The SMILES string of the molecule is CC(OC(=O)CCC(=O)c1ccc2c(c1)OCCO2)C(=O)Nc1cccc([N+](=O)[O-])c1. The third-order valence-electron chi connectivity index (χ3n) is 4.42. The third kappa shape index (κ3) is 5.78. The van der Waals surface area contributed by atoms with Crippen LogP contribution in [-0.2, 0) is 14.3 Å². The van der Waals surface area contributed by atoms with Crippen molar-refractivity contribution in [3.63, 3.8) is 0 Å². The summed E-state index contributed by atoms with van der Waals surface area (Å²) in [5.41, 5.74) is 0.407. The number of nitro benzene ring substituents is 1. The number of hydrogen-bond acceptors (Lipinski definition) is 8. The smallest absolute Gasteiger partial charge is 0.307 e. The zero-order chi connectivity index (χ0) is 22.4. The van der Waals surface area contributed by atoms with Crippen LogP contribution in [-0.4, -0.2) is 41.9 Å². The second-order valence-electron chi connectivity index (χ2n) is 6.71. The van der Waals surface area contributed by atoms with Crippen LogP contribution in [0.3, 0.4) is 0 Å². The van der Waals surface area contributed by atoms with Gasteiger partial charge < -0.3 is 19.5 Å². The summed E-state index contributed by atoms with van der Waals surface area (Å²) in [7, 11) is 0. The van der Waals surface area contributed by atoms with Crippen LogP contribution in [0.25, 0.3) is 0 Å². The van der Waals surface area contributed by atoms with Crippen molar-refractivity contribution in [3.05, 3.63) is 58.1 Å². The van der Waals surface area contributed by atoms with Crippen LogP contribution in [0.5, 0.6) is 11.5 Å². The number of ketones is 1. The number of nitrogens with zero attached hydrogens (tertiary/aromatic N) is 1. The van der Waals surface area contributed by atoms with Crippen LogP contribution in [0.15, 0.2) is 42.5 Å². The van der Waals surface area contributed by atoms with Crippen LogP contribution in [0.4, 0.5) is 11.4 Å². The second-order valence-corrected chi connectivity index (χ2v) is 6.71. The van der Waals surface area contributed by atoms with Crippen LogP contribution < -0.4 is 14.8 Å². The van der Waals surface area contributed by atoms with E-state index < -0.39 is 22.9 Å². The number of fused-ring (bicyclic) bond motifs is 1. The minimum absolute atomic E-state index is 0.0995. The number of hydrogen-bond donors (Lipinski definition) is 1. The lowest BCUT2D eigenvalue weighted by Crippen LogP contribution is -2.30. The van der Waals surface area contributed by atoms with Crippen molar-refractivity contribution in [2.24, 2.45) is 0 Å². The average Bonchev–Trinajstić information content (AvgIpc) is 2.77. The Morgan fingerprint density at radius 2 is 1.84 bits per heavy atom. The maximum Gasteiger partial charge on any atom is 0.307 e. The van der Waals surface area contributed by atoms with E-state index in [1.165, 1.54) is 31.2 Å². The number of esters is 1. The van der Waals surface area contributed by atoms with E-state index in [0.717, 1.165) is 0 Å². The first-order chi connectivity index (χ1) is 14.8. The van der Waals surface area contributed by atoms with Gasteiger partial charge in [-0.05, 0) is 31.2 Å². The van der Waals surface area contributed by atoms with Crippen molar-refractivity contribution in [1.29, 1.82) is 0 Å². The van der Waals surface area contributed by atoms with E-state index >= 15 is 0 Å². The molecular formula is C21H20N2O8. The standard InChI is InChI=1S/C21H20N2O8/c1-13(21(26)22-15-3-2-4-16(12-15)23(27)28)31-20(25)8-6-17(24)14-5-7-18-19(11-14)30-10-9-29-18/h2-5,7,11-13H,6,8-10H2,1H3,(H,22,26). The lowest BCUT2D eigenvalue weighted by molar-refractivity contribution is -0.384. The molecule has 0 saturated heterocycles. The topological polar surface area (TPSA) is 134 Å². The molecule has 1 atom stereocenters. The molecule has 3 rings (SSSR count). The molecule has 31 heavy (non-hydrogen) atoms. The molecule has 0 fully saturated rings. The first kappa shape index (κ1) is 21.8. The maximum atomic E-state index is 12.3. The lowest BCUT2D eigenvalue weighted by atomic mass is 10.1. The molecule has 162 valence electrons. The Bertz CT molecular complexity index is 1020. The number of nitro groups is 1. The summed E-state index contributed by atoms with van der Waals surface area (Å²) in [5.74, 6) is -0.598. The molecule has 1 amide bonds. The second kappa shape index (κ2) is 9.70. The van der Waals surface area contributed by atoms with Gasteiger partial charge in [-0.1, -0.05) is 6.07 Å². The normalized spacial score (nSPS) is 13.1. The van der Waals surface area contributed by atoms with Crippen molar-refractivity contribution in [2.45, 2.75) is 25.9 Å². The molecule has 1 aliphatic rings. The highest BCUT2D eigenvalue weighted by Gasteiger charge is 2.20. The zero-order valence-electron chi connectivity index (χ0n) is 16.7. The highest BCUT2D eigenvalue weighted by molar-refractivity contribution is 5.99. The lowest BCUT2D eigenvalue weighted by Gasteiger charge is -2.18. The Kier molecular flexibility index (Phi) is 6.81. The first-order valence-corrected chi connectivity index (χ1v) is 9.51. The Balaban J connectivity index is 1.48. The van der Waals surface area contributed by atoms with E-state index in [1.54, 1.807) is 18.2 Å². The van der Waals surface area contributed by atoms with Gasteiger partial charge in [0, 0.05) is 29.8 Å². The summed E-state index contributed by atoms with van der Waals surface area (Å²) in [6.45, 7) is 2.21. The van der Waals surface area contributed by atoms with Gasteiger partial charge in [-0.15, -0.1) is 0 Å². The van der Waals surface area contributed by atoms with Gasteiger partial charge in [0.15, 0.2) is 23.4 Å². The van der Waals surface area contributed by atoms with Crippen molar-refractivity contribution in [1.82, 2.24) is 0 Å². The molecule has 1 aliphatic heterocycles. The van der Waals surface area contributed by atoms with Gasteiger partial charge in [0.2, 0.25) is 0 Å². The fourth-order valence-electron chi connectivity index (χ4n) is 2.83. The number of amides is 1. The van der Waals surface area contributed by atoms with E-state index in [4.69, 9.17) is 14.2 Å². The summed E-state index contributed by atoms with van der Waals surface area (Å²) in [4.78, 5) is 46.8. The van der Waals surface area contributed by atoms with E-state index in [-0.39, 0.29) is 30.0 Å². The number of carbonyl (C=O) groups is 3. The minimum atomic E-state index is -1.14. The molecule has 1 N–H and O–H groups in total. The quantitative estimate of drug-likeness (QED) is 0.294. The average molecular weight is 428 g/mol. The fourth-order valence-corrected chi connectivity index (χ4v) is 2.83. The largest absolute Gasteiger partial charge is 0.486 e. The Labute approximate surface area is 177 Å². The van der Waals surface area contributed by atoms with Crippen molar-refractivity contribution in [2.75, 3.05) is 18.5 Å². The fraction of sp³-hybridized carbons (Fsp3) is 0.286. The highest BCUT2D eigenvalue weighted by atomic mass is 16.6. The first-order valence-electron chi connectivity index (χ1n) is 9.51. The molecule has 0 saturated carbocycles. The number of nitrogens with one attached hydrogen (secondary N) is 1. The van der Waals surface area contributed by atoms with Gasteiger partial charge in [0.25, 0.3) is 11.6 Å². The summed E-state index contributed by atoms with van der Waals surface area (Å²) in [6.07, 6.45) is -1.45. The molecule has 0 spiro atoms. The zero-order valence-corrected chi connectivity index (χ0v) is 16.7. The maximum absolute atomic E-state index is 12.3. The van der Waals surface area contributed by atoms with E-state index in [0.29, 0.717) is 30.3 Å². The molecule has 1 heterocycles. The van der Waals surface area contributed by atoms with Gasteiger partial charge in [0.1, 0.15) is 13.2 Å². The molecular weight excluding hydrogens is 408 g/mol. The molecule has 10 heteroatoms. The number of benzene rings is 2. The Morgan fingerprint density at radius 1 is 1.10 bits per heavy atom. The molecule has 10 nitrogen and oxygen atoms in total. The predicted octanol–water partition coefficient (Wildman–Crippen LogP) is 2.90. The highest BCUT2D eigenvalue weighted by Crippen LogP contribution is 2.31. The van der Waals surface area contributed by atoms with Crippen molar-refractivity contribution >= 4 is 29.0 Å². The molecule has 0 aliphatic carbocycles. The van der Waals surface area contributed by atoms with Gasteiger partial charge >= 0.3 is 5.97 Å². The Morgan fingerprint density at radius 3 is 2.58 bits per heavy atom. The number of ether oxygens (including phenoxy) is 3. The van der Waals surface area contributed by atoms with Crippen molar-refractivity contribution in [3.8, 4) is 11.5 Å². The number of non-ortho nitro benzene ring substituents is 1. The summed E-state index contributed by atoms with van der Waals surface area (Å²) < 4.78 is 15.9. The molecule has 2 aromatic carbocycles. The predicted molar refractivity (Wildman–Crippen MR) is 108 cm³/mol. The van der Waals surface area contributed by atoms with E-state index in [9.17, 15) is 24.5 Å². The van der Waals surface area contributed by atoms with Gasteiger partial charge in [-0.2, -0.15) is 0 Å². The molecule has 1 unspecified atom stereocenters. The van der Waals surface area contributed by atoms with Crippen molar-refractivity contribution < 1.29 is 33.5 Å². The summed E-state index contributed by atoms with van der Waals surface area (Å²) >= 11 is 0. The number of anilines is 1. The van der Waals surface area contributed by atoms with Crippen LogP contribution in [0, 0.1) is 10.1 Å². The molecule has 0 bridgehead atoms. The van der Waals surface area contributed by atoms with Gasteiger partial charge in [0.05, 0.1) is 11.3 Å². The van der Waals surface area contributed by atoms with Gasteiger partial charge in [-0.25, -0.2) is 0 Å². The molecule has 0 aromatic heterocycles. The number of Topliss-reactive ketones (excluding diaryl/α,β-unsaturated/α-hetero) is 1.